The summed E-state index contributed by atoms with van der Waals surface area (Å²) in [6.07, 6.45) is 3.29. The van der Waals surface area contributed by atoms with Crippen molar-refractivity contribution in [2.75, 3.05) is 20.1 Å². The van der Waals surface area contributed by atoms with E-state index in [2.05, 4.69) is 17.0 Å². The minimum Gasteiger partial charge on any atom is -0.481 e. The standard InChI is InChI=1S/C17H25NO3/c1-18(12-9-14-5-3-2-4-6-14)13-17(21)10-7-15(8-11-17)16(19)20/h2-6,15,21H,7-13H2,1H3,(H,19,20). The normalized spacial score (nSPS) is 26.0. The maximum atomic E-state index is 11.0. The molecule has 4 nitrogen and oxygen atoms in total. The minimum atomic E-state index is -0.727. The third-order valence-electron chi connectivity index (χ3n) is 4.45. The Morgan fingerprint density at radius 1 is 1.29 bits per heavy atom. The zero-order valence-corrected chi connectivity index (χ0v) is 12.7. The van der Waals surface area contributed by atoms with Crippen LogP contribution in [0.15, 0.2) is 30.3 Å². The average molecular weight is 291 g/mol. The smallest absolute Gasteiger partial charge is 0.306 e. The average Bonchev–Trinajstić information content (AvgIpc) is 2.46. The number of carbonyl (C=O) groups is 1. The van der Waals surface area contributed by atoms with Crippen LogP contribution in [-0.2, 0) is 11.2 Å². The highest BCUT2D eigenvalue weighted by Crippen LogP contribution is 2.32. The molecule has 0 radical (unpaired) electrons. The SMILES string of the molecule is CN(CCc1ccccc1)CC1(O)CCC(C(=O)O)CC1. The Kier molecular flexibility index (Phi) is 5.37. The summed E-state index contributed by atoms with van der Waals surface area (Å²) in [7, 11) is 2.02. The Balaban J connectivity index is 1.77. The number of hydrogen-bond donors (Lipinski definition) is 2. The molecule has 1 aromatic carbocycles. The Labute approximate surface area is 126 Å². The first-order valence-electron chi connectivity index (χ1n) is 7.66. The number of aliphatic carboxylic acids is 1. The van der Waals surface area contributed by atoms with E-state index in [1.54, 1.807) is 0 Å². The fourth-order valence-electron chi connectivity index (χ4n) is 3.11. The van der Waals surface area contributed by atoms with Crippen molar-refractivity contribution in [3.63, 3.8) is 0 Å². The molecule has 4 heteroatoms. The van der Waals surface area contributed by atoms with Gasteiger partial charge in [-0.1, -0.05) is 30.3 Å². The lowest BCUT2D eigenvalue weighted by atomic mass is 9.78. The fourth-order valence-corrected chi connectivity index (χ4v) is 3.11. The van der Waals surface area contributed by atoms with Gasteiger partial charge in [0.15, 0.2) is 0 Å². The molecule has 0 unspecified atom stereocenters. The molecule has 2 N–H and O–H groups in total. The van der Waals surface area contributed by atoms with Crippen molar-refractivity contribution in [2.24, 2.45) is 5.92 Å². The highest BCUT2D eigenvalue weighted by Gasteiger charge is 2.36. The molecule has 116 valence electrons. The second kappa shape index (κ2) is 7.05. The summed E-state index contributed by atoms with van der Waals surface area (Å²) in [5, 5.41) is 19.6. The molecular formula is C17H25NO3. The van der Waals surface area contributed by atoms with Crippen molar-refractivity contribution in [2.45, 2.75) is 37.7 Å². The lowest BCUT2D eigenvalue weighted by molar-refractivity contribution is -0.145. The number of carboxylic acids is 1. The number of aliphatic hydroxyl groups is 1. The monoisotopic (exact) mass is 291 g/mol. The quantitative estimate of drug-likeness (QED) is 0.843. The van der Waals surface area contributed by atoms with Crippen LogP contribution in [0.3, 0.4) is 0 Å². The van der Waals surface area contributed by atoms with E-state index in [9.17, 15) is 9.90 Å². The summed E-state index contributed by atoms with van der Waals surface area (Å²) < 4.78 is 0. The first-order chi connectivity index (χ1) is 9.98. The summed E-state index contributed by atoms with van der Waals surface area (Å²) in [6.45, 7) is 1.51. The van der Waals surface area contributed by atoms with E-state index < -0.39 is 11.6 Å². The van der Waals surface area contributed by atoms with Gasteiger partial charge in [-0.05, 0) is 44.7 Å². The molecule has 2 rings (SSSR count). The largest absolute Gasteiger partial charge is 0.481 e. The molecule has 1 aromatic rings. The fraction of sp³-hybridized carbons (Fsp3) is 0.588. The summed E-state index contributed by atoms with van der Waals surface area (Å²) in [4.78, 5) is 13.1. The highest BCUT2D eigenvalue weighted by atomic mass is 16.4. The van der Waals surface area contributed by atoms with Crippen molar-refractivity contribution in [1.82, 2.24) is 4.90 Å². The summed E-state index contributed by atoms with van der Waals surface area (Å²) >= 11 is 0. The molecular weight excluding hydrogens is 266 g/mol. The van der Waals surface area contributed by atoms with Gasteiger partial charge in [-0.3, -0.25) is 4.79 Å². The molecule has 1 saturated carbocycles. The van der Waals surface area contributed by atoms with Crippen LogP contribution in [0.1, 0.15) is 31.2 Å². The van der Waals surface area contributed by atoms with Gasteiger partial charge in [0.05, 0.1) is 11.5 Å². The van der Waals surface area contributed by atoms with Gasteiger partial charge in [0.1, 0.15) is 0 Å². The van der Waals surface area contributed by atoms with Crippen LogP contribution < -0.4 is 0 Å². The molecule has 1 aliphatic carbocycles. The first kappa shape index (κ1) is 16.0. The van der Waals surface area contributed by atoms with Crippen molar-refractivity contribution in [3.05, 3.63) is 35.9 Å². The van der Waals surface area contributed by atoms with Crippen LogP contribution in [0.2, 0.25) is 0 Å². The topological polar surface area (TPSA) is 60.8 Å². The van der Waals surface area contributed by atoms with E-state index in [1.165, 1.54) is 5.56 Å². The van der Waals surface area contributed by atoms with E-state index in [0.717, 1.165) is 13.0 Å². The number of benzene rings is 1. The lowest BCUT2D eigenvalue weighted by Gasteiger charge is -2.37. The second-order valence-electron chi connectivity index (χ2n) is 6.31. The van der Waals surface area contributed by atoms with Crippen molar-refractivity contribution in [1.29, 1.82) is 0 Å². The summed E-state index contributed by atoms with van der Waals surface area (Å²) in [6, 6.07) is 10.3. The predicted octanol–water partition coefficient (Wildman–Crippen LogP) is 2.17. The highest BCUT2D eigenvalue weighted by molar-refractivity contribution is 5.70. The molecule has 0 aromatic heterocycles. The minimum absolute atomic E-state index is 0.278. The second-order valence-corrected chi connectivity index (χ2v) is 6.31. The Morgan fingerprint density at radius 3 is 2.48 bits per heavy atom. The number of nitrogens with zero attached hydrogens (tertiary/aromatic N) is 1. The van der Waals surface area contributed by atoms with Crippen LogP contribution in [0.4, 0.5) is 0 Å². The number of likely N-dealkylation sites (N-methyl/N-ethyl adjacent to an activating group) is 1. The van der Waals surface area contributed by atoms with Gasteiger partial charge in [0, 0.05) is 13.1 Å². The maximum Gasteiger partial charge on any atom is 0.306 e. The summed E-state index contributed by atoms with van der Waals surface area (Å²) in [5.41, 5.74) is 0.572. The molecule has 0 saturated heterocycles. The molecule has 1 fully saturated rings. The maximum absolute atomic E-state index is 11.0. The molecule has 1 aliphatic rings. The van der Waals surface area contributed by atoms with Crippen LogP contribution in [0.5, 0.6) is 0 Å². The summed E-state index contributed by atoms with van der Waals surface area (Å²) in [5.74, 6) is -1.01. The van der Waals surface area contributed by atoms with Crippen LogP contribution >= 0.6 is 0 Å². The van der Waals surface area contributed by atoms with Gasteiger partial charge >= 0.3 is 5.97 Å². The third-order valence-corrected chi connectivity index (χ3v) is 4.45. The Hall–Kier alpha value is -1.39. The predicted molar refractivity (Wildman–Crippen MR) is 82.2 cm³/mol. The first-order valence-corrected chi connectivity index (χ1v) is 7.66. The van der Waals surface area contributed by atoms with E-state index in [4.69, 9.17) is 5.11 Å². The third kappa shape index (κ3) is 4.83. The molecule has 0 atom stereocenters. The van der Waals surface area contributed by atoms with Gasteiger partial charge in [-0.25, -0.2) is 0 Å². The van der Waals surface area contributed by atoms with E-state index in [1.807, 2.05) is 25.2 Å². The van der Waals surface area contributed by atoms with Gasteiger partial charge in [-0.15, -0.1) is 0 Å². The Bertz CT molecular complexity index is 452. The van der Waals surface area contributed by atoms with Crippen LogP contribution in [-0.4, -0.2) is 46.8 Å². The van der Waals surface area contributed by atoms with Crippen LogP contribution in [0.25, 0.3) is 0 Å². The molecule has 0 bridgehead atoms. The molecule has 0 heterocycles. The number of hydrogen-bond acceptors (Lipinski definition) is 3. The molecule has 0 amide bonds. The molecule has 21 heavy (non-hydrogen) atoms. The van der Waals surface area contributed by atoms with Crippen molar-refractivity contribution in [3.8, 4) is 0 Å². The lowest BCUT2D eigenvalue weighted by Crippen LogP contribution is -2.45. The van der Waals surface area contributed by atoms with E-state index in [-0.39, 0.29) is 5.92 Å². The number of carboxylic acid groups (broad SMARTS) is 1. The van der Waals surface area contributed by atoms with Gasteiger partial charge in [0.2, 0.25) is 0 Å². The zero-order chi connectivity index (χ0) is 15.3. The van der Waals surface area contributed by atoms with E-state index >= 15 is 0 Å². The van der Waals surface area contributed by atoms with Crippen molar-refractivity contribution < 1.29 is 15.0 Å². The van der Waals surface area contributed by atoms with Crippen molar-refractivity contribution >= 4 is 5.97 Å². The van der Waals surface area contributed by atoms with Crippen LogP contribution in [0, 0.1) is 5.92 Å². The zero-order valence-electron chi connectivity index (χ0n) is 12.7. The molecule has 0 spiro atoms. The van der Waals surface area contributed by atoms with Gasteiger partial charge < -0.3 is 15.1 Å². The van der Waals surface area contributed by atoms with E-state index in [0.29, 0.717) is 32.2 Å². The van der Waals surface area contributed by atoms with Gasteiger partial charge in [-0.2, -0.15) is 0 Å². The number of rotatable bonds is 6. The van der Waals surface area contributed by atoms with Gasteiger partial charge in [0.25, 0.3) is 0 Å². The Morgan fingerprint density at radius 2 is 1.90 bits per heavy atom. The molecule has 0 aliphatic heterocycles.